The molecule has 0 aromatic rings. The summed E-state index contributed by atoms with van der Waals surface area (Å²) in [4.78, 5) is 0.606. The average Bonchev–Trinajstić information content (AvgIpc) is 3.01. The first-order valence-electron chi connectivity index (χ1n) is 6.11. The third-order valence-electron chi connectivity index (χ3n) is 2.92. The molecule has 17 heavy (non-hydrogen) atoms. The van der Waals surface area contributed by atoms with E-state index in [9.17, 15) is 0 Å². The molecule has 0 aliphatic heterocycles. The van der Waals surface area contributed by atoms with Gasteiger partial charge in [0.25, 0.3) is 0 Å². The zero-order chi connectivity index (χ0) is 12.6. The van der Waals surface area contributed by atoms with Crippen molar-refractivity contribution in [3.8, 4) is 0 Å². The van der Waals surface area contributed by atoms with Crippen LogP contribution < -0.4 is 5.73 Å². The maximum absolute atomic E-state index is 5.64. The third kappa shape index (κ3) is 6.93. The molecular weight excluding hydrogens is 238 g/mol. The molecule has 0 amide bonds. The van der Waals surface area contributed by atoms with E-state index < -0.39 is 0 Å². The van der Waals surface area contributed by atoms with Crippen LogP contribution in [0.2, 0.25) is 0 Å². The topological polar surface area (TPSA) is 53.7 Å². The van der Waals surface area contributed by atoms with Crippen LogP contribution in [0.5, 0.6) is 0 Å². The summed E-state index contributed by atoms with van der Waals surface area (Å²) < 4.78 is 15.9. The van der Waals surface area contributed by atoms with Gasteiger partial charge in [-0.2, -0.15) is 0 Å². The maximum atomic E-state index is 5.64. The van der Waals surface area contributed by atoms with Gasteiger partial charge in [0.05, 0.1) is 24.8 Å². The Morgan fingerprint density at radius 1 is 1.18 bits per heavy atom. The normalized spacial score (nSPS) is 17.0. The summed E-state index contributed by atoms with van der Waals surface area (Å²) in [5.74, 6) is 0. The van der Waals surface area contributed by atoms with Crippen LogP contribution in [0.25, 0.3) is 0 Å². The lowest BCUT2D eigenvalue weighted by molar-refractivity contribution is 0.0423. The van der Waals surface area contributed by atoms with Crippen LogP contribution in [0.4, 0.5) is 0 Å². The van der Waals surface area contributed by atoms with Crippen molar-refractivity contribution in [1.29, 1.82) is 0 Å². The van der Waals surface area contributed by atoms with Crippen molar-refractivity contribution in [2.45, 2.75) is 25.7 Å². The highest BCUT2D eigenvalue weighted by molar-refractivity contribution is 7.80. The summed E-state index contributed by atoms with van der Waals surface area (Å²) in [7, 11) is 1.67. The minimum Gasteiger partial charge on any atom is -0.393 e. The molecule has 0 aromatic heterocycles. The van der Waals surface area contributed by atoms with E-state index >= 15 is 0 Å². The van der Waals surface area contributed by atoms with Crippen LogP contribution in [0.15, 0.2) is 0 Å². The summed E-state index contributed by atoms with van der Waals surface area (Å²) in [6.07, 6.45) is 4.13. The predicted octanol–water partition coefficient (Wildman–Crippen LogP) is 1.51. The van der Waals surface area contributed by atoms with E-state index in [0.29, 0.717) is 18.2 Å². The summed E-state index contributed by atoms with van der Waals surface area (Å²) >= 11 is 4.93. The van der Waals surface area contributed by atoms with Crippen molar-refractivity contribution in [3.05, 3.63) is 0 Å². The van der Waals surface area contributed by atoms with Gasteiger partial charge in [0.2, 0.25) is 0 Å². The Labute approximate surface area is 109 Å². The molecule has 0 aromatic carbocycles. The third-order valence-corrected chi connectivity index (χ3v) is 3.07. The van der Waals surface area contributed by atoms with Crippen LogP contribution in [0.3, 0.4) is 0 Å². The van der Waals surface area contributed by atoms with Crippen LogP contribution in [0.1, 0.15) is 25.7 Å². The molecule has 1 fully saturated rings. The van der Waals surface area contributed by atoms with Gasteiger partial charge >= 0.3 is 0 Å². The van der Waals surface area contributed by atoms with E-state index in [1.54, 1.807) is 7.11 Å². The summed E-state index contributed by atoms with van der Waals surface area (Å²) in [6.45, 7) is 3.56. The molecule has 5 heteroatoms. The number of hydrogen-bond donors (Lipinski definition) is 1. The lowest BCUT2D eigenvalue weighted by atomic mass is 10.0. The lowest BCUT2D eigenvalue weighted by Crippen LogP contribution is -2.20. The van der Waals surface area contributed by atoms with Gasteiger partial charge in [-0.25, -0.2) is 0 Å². The second-order valence-electron chi connectivity index (χ2n) is 4.65. The number of methoxy groups -OCH3 is 1. The highest BCUT2D eigenvalue weighted by Crippen LogP contribution is 2.48. The van der Waals surface area contributed by atoms with E-state index in [0.717, 1.165) is 32.7 Å². The Kier molecular flexibility index (Phi) is 6.96. The van der Waals surface area contributed by atoms with E-state index in [1.165, 1.54) is 12.8 Å². The van der Waals surface area contributed by atoms with Gasteiger partial charge in [0, 0.05) is 32.2 Å². The van der Waals surface area contributed by atoms with Crippen molar-refractivity contribution in [3.63, 3.8) is 0 Å². The van der Waals surface area contributed by atoms with Gasteiger partial charge in [0.15, 0.2) is 0 Å². The highest BCUT2D eigenvalue weighted by Gasteiger charge is 2.43. The zero-order valence-corrected chi connectivity index (χ0v) is 11.4. The molecule has 0 bridgehead atoms. The van der Waals surface area contributed by atoms with E-state index in [4.69, 9.17) is 32.2 Å². The second kappa shape index (κ2) is 7.97. The predicted molar refractivity (Wildman–Crippen MR) is 71.2 cm³/mol. The first kappa shape index (κ1) is 14.8. The molecule has 1 rings (SSSR count). The molecule has 0 saturated heterocycles. The molecule has 0 unspecified atom stereocenters. The first-order chi connectivity index (χ1) is 8.18. The second-order valence-corrected chi connectivity index (χ2v) is 5.18. The fourth-order valence-electron chi connectivity index (χ4n) is 1.71. The van der Waals surface area contributed by atoms with Gasteiger partial charge in [-0.05, 0) is 19.3 Å². The van der Waals surface area contributed by atoms with Gasteiger partial charge < -0.3 is 19.9 Å². The molecule has 4 nitrogen and oxygen atoms in total. The number of ether oxygens (including phenoxy) is 3. The van der Waals surface area contributed by atoms with Crippen molar-refractivity contribution in [2.75, 3.05) is 40.1 Å². The summed E-state index contributed by atoms with van der Waals surface area (Å²) in [6, 6.07) is 0. The van der Waals surface area contributed by atoms with Crippen LogP contribution in [0, 0.1) is 5.41 Å². The van der Waals surface area contributed by atoms with Crippen molar-refractivity contribution in [2.24, 2.45) is 11.1 Å². The Bertz CT molecular complexity index is 232. The minimum absolute atomic E-state index is 0.267. The Morgan fingerprint density at radius 3 is 2.47 bits per heavy atom. The molecular formula is C12H23NO3S. The quantitative estimate of drug-likeness (QED) is 0.451. The first-order valence-corrected chi connectivity index (χ1v) is 6.52. The Morgan fingerprint density at radius 2 is 1.88 bits per heavy atom. The van der Waals surface area contributed by atoms with Crippen molar-refractivity contribution >= 4 is 17.2 Å². The average molecular weight is 261 g/mol. The van der Waals surface area contributed by atoms with Crippen molar-refractivity contribution < 1.29 is 14.2 Å². The molecule has 0 heterocycles. The molecule has 100 valence electrons. The molecule has 1 aliphatic rings. The monoisotopic (exact) mass is 261 g/mol. The lowest BCUT2D eigenvalue weighted by Gasteiger charge is -2.14. The number of hydrogen-bond acceptors (Lipinski definition) is 4. The van der Waals surface area contributed by atoms with E-state index in [2.05, 4.69) is 0 Å². The van der Waals surface area contributed by atoms with Crippen LogP contribution in [-0.4, -0.2) is 45.1 Å². The SMILES string of the molecule is COCCOCCCOCC1(CC(N)=S)CC1. The molecule has 0 atom stereocenters. The van der Waals surface area contributed by atoms with Crippen LogP contribution >= 0.6 is 12.2 Å². The largest absolute Gasteiger partial charge is 0.393 e. The minimum atomic E-state index is 0.267. The van der Waals surface area contributed by atoms with Crippen LogP contribution in [-0.2, 0) is 14.2 Å². The molecule has 1 saturated carbocycles. The Hall–Kier alpha value is -0.230. The fraction of sp³-hybridized carbons (Fsp3) is 0.917. The standard InChI is InChI=1S/C12H23NO3S/c1-14-7-8-15-5-2-6-16-10-12(3-4-12)9-11(13)17/h2-10H2,1H3,(H2,13,17). The highest BCUT2D eigenvalue weighted by atomic mass is 32.1. The van der Waals surface area contributed by atoms with E-state index in [-0.39, 0.29) is 5.41 Å². The fourth-order valence-corrected chi connectivity index (χ4v) is 2.02. The smallest absolute Gasteiger partial charge is 0.0733 e. The maximum Gasteiger partial charge on any atom is 0.0733 e. The zero-order valence-electron chi connectivity index (χ0n) is 10.6. The number of thiocarbonyl (C=S) groups is 1. The molecule has 0 spiro atoms. The molecule has 1 aliphatic carbocycles. The van der Waals surface area contributed by atoms with Gasteiger partial charge in [-0.1, -0.05) is 12.2 Å². The molecule has 2 N–H and O–H groups in total. The van der Waals surface area contributed by atoms with Crippen molar-refractivity contribution in [1.82, 2.24) is 0 Å². The number of rotatable bonds is 11. The number of nitrogens with two attached hydrogens (primary N) is 1. The van der Waals surface area contributed by atoms with Gasteiger partial charge in [-0.15, -0.1) is 0 Å². The van der Waals surface area contributed by atoms with Gasteiger partial charge in [-0.3, -0.25) is 0 Å². The van der Waals surface area contributed by atoms with Gasteiger partial charge in [0.1, 0.15) is 0 Å². The van der Waals surface area contributed by atoms with E-state index in [1.807, 2.05) is 0 Å². The summed E-state index contributed by atoms with van der Waals surface area (Å²) in [5, 5.41) is 0. The molecule has 0 radical (unpaired) electrons. The Balaban J connectivity index is 1.89. The summed E-state index contributed by atoms with van der Waals surface area (Å²) in [5.41, 5.74) is 5.83.